The predicted octanol–water partition coefficient (Wildman–Crippen LogP) is 2.87. The SMILES string of the molecule is COc1ccc(-c2nnn(CC(=O)C(NC(C)C(=O)NCCC(C)C)c3cccs3)n2)cc1OC. The fourth-order valence-corrected chi connectivity index (χ4v) is 4.19. The number of nitrogens with one attached hydrogen (secondary N) is 2. The Hall–Kier alpha value is -3.31. The Morgan fingerprint density at radius 2 is 1.89 bits per heavy atom. The van der Waals surface area contributed by atoms with Crippen LogP contribution >= 0.6 is 11.3 Å². The Morgan fingerprint density at radius 3 is 2.54 bits per heavy atom. The molecule has 0 fully saturated rings. The Labute approximate surface area is 209 Å². The normalized spacial score (nSPS) is 12.9. The molecule has 0 bridgehead atoms. The van der Waals surface area contributed by atoms with Gasteiger partial charge in [0.2, 0.25) is 11.7 Å². The van der Waals surface area contributed by atoms with Crippen molar-refractivity contribution in [2.24, 2.45) is 5.92 Å². The largest absolute Gasteiger partial charge is 0.493 e. The third-order valence-corrected chi connectivity index (χ3v) is 6.31. The lowest BCUT2D eigenvalue weighted by Crippen LogP contribution is -2.46. The minimum Gasteiger partial charge on any atom is -0.493 e. The number of carbonyl (C=O) groups is 2. The number of amides is 1. The van der Waals surface area contributed by atoms with Crippen LogP contribution in [0.4, 0.5) is 0 Å². The summed E-state index contributed by atoms with van der Waals surface area (Å²) in [6, 6.07) is 7.81. The minimum atomic E-state index is -0.670. The maximum atomic E-state index is 13.2. The number of benzene rings is 1. The van der Waals surface area contributed by atoms with Gasteiger partial charge in [-0.15, -0.1) is 21.5 Å². The smallest absolute Gasteiger partial charge is 0.236 e. The van der Waals surface area contributed by atoms with Gasteiger partial charge in [-0.2, -0.15) is 4.80 Å². The van der Waals surface area contributed by atoms with Gasteiger partial charge in [-0.25, -0.2) is 0 Å². The van der Waals surface area contributed by atoms with Crippen LogP contribution < -0.4 is 20.1 Å². The number of hydrogen-bond acceptors (Lipinski definition) is 9. The number of hydrogen-bond donors (Lipinski definition) is 2. The van der Waals surface area contributed by atoms with Crippen LogP contribution in [-0.4, -0.2) is 58.7 Å². The van der Waals surface area contributed by atoms with Crippen molar-refractivity contribution in [3.8, 4) is 22.9 Å². The zero-order valence-electron chi connectivity index (χ0n) is 20.6. The number of ether oxygens (including phenoxy) is 2. The first-order valence-corrected chi connectivity index (χ1v) is 12.3. The van der Waals surface area contributed by atoms with Gasteiger partial charge < -0.3 is 14.8 Å². The zero-order chi connectivity index (χ0) is 25.4. The molecule has 2 atom stereocenters. The molecular weight excluding hydrogens is 468 g/mol. The van der Waals surface area contributed by atoms with Gasteiger partial charge in [0.1, 0.15) is 12.6 Å². The van der Waals surface area contributed by atoms with E-state index in [1.807, 2.05) is 17.5 Å². The standard InChI is InChI=1S/C24H32N6O4S/c1-15(2)10-11-25-24(32)16(3)26-22(21-7-6-12-35-21)18(31)14-30-28-23(27-29-30)17-8-9-19(33-4)20(13-17)34-5/h6-9,12-13,15-16,22,26H,10-11,14H2,1-5H3,(H,25,32). The van der Waals surface area contributed by atoms with Crippen molar-refractivity contribution in [2.45, 2.75) is 45.8 Å². The second kappa shape index (κ2) is 12.4. The molecule has 0 saturated carbocycles. The van der Waals surface area contributed by atoms with E-state index in [1.54, 1.807) is 39.3 Å². The van der Waals surface area contributed by atoms with Crippen LogP contribution in [0, 0.1) is 5.92 Å². The number of thiophene rings is 1. The van der Waals surface area contributed by atoms with E-state index in [4.69, 9.17) is 9.47 Å². The highest BCUT2D eigenvalue weighted by Crippen LogP contribution is 2.30. The van der Waals surface area contributed by atoms with E-state index in [2.05, 4.69) is 39.9 Å². The first kappa shape index (κ1) is 26.3. The number of ketones is 1. The zero-order valence-corrected chi connectivity index (χ0v) is 21.5. The Balaban J connectivity index is 1.70. The molecule has 2 unspecified atom stereocenters. The summed E-state index contributed by atoms with van der Waals surface area (Å²) in [4.78, 5) is 27.8. The van der Waals surface area contributed by atoms with E-state index >= 15 is 0 Å². The van der Waals surface area contributed by atoms with Crippen molar-refractivity contribution >= 4 is 23.0 Å². The fraction of sp³-hybridized carbons (Fsp3) is 0.458. The van der Waals surface area contributed by atoms with E-state index in [1.165, 1.54) is 16.1 Å². The molecule has 11 heteroatoms. The Kier molecular flexibility index (Phi) is 9.32. The van der Waals surface area contributed by atoms with Crippen LogP contribution in [0.15, 0.2) is 35.7 Å². The van der Waals surface area contributed by atoms with E-state index in [0.29, 0.717) is 35.3 Å². The number of Topliss-reactive ketones (excluding diaryl/α,β-unsaturated/α-hetero) is 1. The average molecular weight is 501 g/mol. The number of tetrazole rings is 1. The molecule has 1 amide bonds. The van der Waals surface area contributed by atoms with Gasteiger partial charge in [-0.3, -0.25) is 14.9 Å². The van der Waals surface area contributed by atoms with Crippen molar-refractivity contribution in [1.29, 1.82) is 0 Å². The molecule has 3 aromatic rings. The predicted molar refractivity (Wildman–Crippen MR) is 133 cm³/mol. The van der Waals surface area contributed by atoms with Crippen molar-refractivity contribution in [3.63, 3.8) is 0 Å². The van der Waals surface area contributed by atoms with E-state index < -0.39 is 12.1 Å². The molecule has 0 spiro atoms. The Morgan fingerprint density at radius 1 is 1.11 bits per heavy atom. The van der Waals surface area contributed by atoms with Gasteiger partial charge in [0.15, 0.2) is 17.3 Å². The maximum absolute atomic E-state index is 13.2. The highest BCUT2D eigenvalue weighted by Gasteiger charge is 2.27. The number of nitrogens with zero attached hydrogens (tertiary/aromatic N) is 4. The lowest BCUT2D eigenvalue weighted by atomic mass is 10.1. The number of rotatable bonds is 13. The number of methoxy groups -OCH3 is 2. The molecule has 0 aliphatic rings. The molecule has 0 aliphatic heterocycles. The van der Waals surface area contributed by atoms with E-state index in [0.717, 1.165) is 11.3 Å². The van der Waals surface area contributed by atoms with Gasteiger partial charge in [0.25, 0.3) is 0 Å². The molecule has 2 heterocycles. The van der Waals surface area contributed by atoms with Crippen molar-refractivity contribution in [3.05, 3.63) is 40.6 Å². The average Bonchev–Trinajstić information content (AvgIpc) is 3.54. The van der Waals surface area contributed by atoms with Crippen LogP contribution in [0.2, 0.25) is 0 Å². The van der Waals surface area contributed by atoms with Crippen LogP contribution in [0.5, 0.6) is 11.5 Å². The summed E-state index contributed by atoms with van der Waals surface area (Å²) in [5, 5.41) is 20.5. The molecule has 3 rings (SSSR count). The third-order valence-electron chi connectivity index (χ3n) is 5.37. The molecular formula is C24H32N6O4S. The van der Waals surface area contributed by atoms with E-state index in [9.17, 15) is 9.59 Å². The lowest BCUT2D eigenvalue weighted by molar-refractivity contribution is -0.125. The second-order valence-corrected chi connectivity index (χ2v) is 9.47. The summed E-state index contributed by atoms with van der Waals surface area (Å²) in [7, 11) is 3.11. The molecule has 0 saturated heterocycles. The van der Waals surface area contributed by atoms with Crippen LogP contribution in [-0.2, 0) is 16.1 Å². The van der Waals surface area contributed by atoms with Crippen LogP contribution in [0.25, 0.3) is 11.4 Å². The molecule has 35 heavy (non-hydrogen) atoms. The first-order valence-electron chi connectivity index (χ1n) is 11.4. The van der Waals surface area contributed by atoms with Gasteiger partial charge in [-0.1, -0.05) is 19.9 Å². The summed E-state index contributed by atoms with van der Waals surface area (Å²) in [5.74, 6) is 1.67. The highest BCUT2D eigenvalue weighted by molar-refractivity contribution is 7.10. The van der Waals surface area contributed by atoms with Gasteiger partial charge in [-0.05, 0) is 54.1 Å². The number of carbonyl (C=O) groups excluding carboxylic acids is 2. The quantitative estimate of drug-likeness (QED) is 0.368. The molecule has 1 aromatic carbocycles. The minimum absolute atomic E-state index is 0.0997. The van der Waals surface area contributed by atoms with Gasteiger partial charge in [0, 0.05) is 17.0 Å². The second-order valence-electron chi connectivity index (χ2n) is 8.49. The molecule has 0 radical (unpaired) electrons. The van der Waals surface area contributed by atoms with E-state index in [-0.39, 0.29) is 18.2 Å². The van der Waals surface area contributed by atoms with Crippen molar-refractivity contribution < 1.29 is 19.1 Å². The summed E-state index contributed by atoms with van der Waals surface area (Å²) in [5.41, 5.74) is 0.681. The summed E-state index contributed by atoms with van der Waals surface area (Å²) >= 11 is 1.45. The van der Waals surface area contributed by atoms with Gasteiger partial charge in [0.05, 0.1) is 20.3 Å². The molecule has 188 valence electrons. The topological polar surface area (TPSA) is 120 Å². The van der Waals surface area contributed by atoms with Crippen molar-refractivity contribution in [2.75, 3.05) is 20.8 Å². The molecule has 2 aromatic heterocycles. The van der Waals surface area contributed by atoms with Crippen LogP contribution in [0.3, 0.4) is 0 Å². The number of aromatic nitrogens is 4. The van der Waals surface area contributed by atoms with Crippen molar-refractivity contribution in [1.82, 2.24) is 30.8 Å². The molecule has 10 nitrogen and oxygen atoms in total. The summed E-state index contributed by atoms with van der Waals surface area (Å²) in [6.07, 6.45) is 0.895. The highest BCUT2D eigenvalue weighted by atomic mass is 32.1. The third kappa shape index (κ3) is 7.09. The molecule has 2 N–H and O–H groups in total. The molecule has 0 aliphatic carbocycles. The Bertz CT molecular complexity index is 1120. The van der Waals surface area contributed by atoms with Crippen LogP contribution in [0.1, 0.15) is 38.1 Å². The lowest BCUT2D eigenvalue weighted by Gasteiger charge is -2.21. The first-order chi connectivity index (χ1) is 16.8. The fourth-order valence-electron chi connectivity index (χ4n) is 3.38. The summed E-state index contributed by atoms with van der Waals surface area (Å²) in [6.45, 7) is 6.46. The monoisotopic (exact) mass is 500 g/mol. The maximum Gasteiger partial charge on any atom is 0.236 e. The summed E-state index contributed by atoms with van der Waals surface area (Å²) < 4.78 is 10.6. The van der Waals surface area contributed by atoms with Gasteiger partial charge >= 0.3 is 0 Å².